The highest BCUT2D eigenvalue weighted by atomic mass is 35.5. The first-order chi connectivity index (χ1) is 10.5. The minimum Gasteiger partial charge on any atom is -0.274 e. The topological polar surface area (TPSA) is 89.0 Å². The Morgan fingerprint density at radius 2 is 2.09 bits per heavy atom. The SMILES string of the molecule is O=C(NS(=O)(=O)c1cncc(Cl)c1)C1CC1c1cccnc1. The van der Waals surface area contributed by atoms with Gasteiger partial charge in [0.25, 0.3) is 10.0 Å². The van der Waals surface area contributed by atoms with Crippen molar-refractivity contribution in [1.29, 1.82) is 0 Å². The number of carbonyl (C=O) groups excluding carboxylic acids is 1. The monoisotopic (exact) mass is 337 g/mol. The molecular formula is C14H12ClN3O3S. The summed E-state index contributed by atoms with van der Waals surface area (Å²) in [4.78, 5) is 19.7. The first-order valence-electron chi connectivity index (χ1n) is 6.54. The van der Waals surface area contributed by atoms with Crippen LogP contribution in [0.3, 0.4) is 0 Å². The number of sulfonamides is 1. The van der Waals surface area contributed by atoms with E-state index in [4.69, 9.17) is 11.6 Å². The summed E-state index contributed by atoms with van der Waals surface area (Å²) in [5, 5.41) is 0.190. The van der Waals surface area contributed by atoms with Gasteiger partial charge in [-0.2, -0.15) is 0 Å². The van der Waals surface area contributed by atoms with Crippen LogP contribution in [0.4, 0.5) is 0 Å². The van der Waals surface area contributed by atoms with E-state index in [1.807, 2.05) is 6.07 Å². The van der Waals surface area contributed by atoms with Crippen molar-refractivity contribution >= 4 is 27.5 Å². The third kappa shape index (κ3) is 3.10. The van der Waals surface area contributed by atoms with E-state index in [0.29, 0.717) is 6.42 Å². The number of nitrogens with one attached hydrogen (secondary N) is 1. The van der Waals surface area contributed by atoms with Crippen LogP contribution >= 0.6 is 11.6 Å². The minimum atomic E-state index is -3.95. The van der Waals surface area contributed by atoms with E-state index in [-0.39, 0.29) is 21.8 Å². The van der Waals surface area contributed by atoms with E-state index in [9.17, 15) is 13.2 Å². The Bertz CT molecular complexity index is 811. The Hall–Kier alpha value is -1.99. The third-order valence-electron chi connectivity index (χ3n) is 3.46. The quantitative estimate of drug-likeness (QED) is 0.917. The van der Waals surface area contributed by atoms with Crippen LogP contribution in [-0.2, 0) is 14.8 Å². The van der Waals surface area contributed by atoms with E-state index >= 15 is 0 Å². The molecule has 3 rings (SSSR count). The molecular weight excluding hydrogens is 326 g/mol. The van der Waals surface area contributed by atoms with Gasteiger partial charge in [0.05, 0.1) is 5.02 Å². The second-order valence-corrected chi connectivity index (χ2v) is 7.16. The van der Waals surface area contributed by atoms with Gasteiger partial charge in [0.1, 0.15) is 4.90 Å². The lowest BCUT2D eigenvalue weighted by atomic mass is 10.1. The first-order valence-corrected chi connectivity index (χ1v) is 8.40. The molecule has 2 atom stereocenters. The zero-order valence-corrected chi connectivity index (χ0v) is 12.9. The molecule has 0 spiro atoms. The number of nitrogens with zero attached hydrogens (tertiary/aromatic N) is 2. The zero-order valence-electron chi connectivity index (χ0n) is 11.3. The van der Waals surface area contributed by atoms with Gasteiger partial charge < -0.3 is 0 Å². The lowest BCUT2D eigenvalue weighted by Crippen LogP contribution is -2.32. The van der Waals surface area contributed by atoms with Crippen molar-refractivity contribution in [3.63, 3.8) is 0 Å². The van der Waals surface area contributed by atoms with Gasteiger partial charge in [0.15, 0.2) is 0 Å². The molecule has 2 aromatic heterocycles. The summed E-state index contributed by atoms with van der Waals surface area (Å²) in [6.07, 6.45) is 6.42. The third-order valence-corrected chi connectivity index (χ3v) is 4.99. The highest BCUT2D eigenvalue weighted by molar-refractivity contribution is 7.90. The Labute approximate surface area is 132 Å². The number of hydrogen-bond donors (Lipinski definition) is 1. The molecule has 1 N–H and O–H groups in total. The maximum Gasteiger partial charge on any atom is 0.265 e. The standard InChI is InChI=1S/C14H12ClN3O3S/c15-10-4-11(8-17-7-10)22(20,21)18-14(19)13-5-12(13)9-2-1-3-16-6-9/h1-4,6-8,12-13H,5H2,(H,18,19). The van der Waals surface area contributed by atoms with Crippen LogP contribution < -0.4 is 4.72 Å². The van der Waals surface area contributed by atoms with Crippen LogP contribution in [0.15, 0.2) is 47.9 Å². The molecule has 6 nitrogen and oxygen atoms in total. The van der Waals surface area contributed by atoms with Gasteiger partial charge in [-0.3, -0.25) is 14.8 Å². The van der Waals surface area contributed by atoms with Crippen molar-refractivity contribution in [2.24, 2.45) is 5.92 Å². The van der Waals surface area contributed by atoms with Crippen LogP contribution in [0, 0.1) is 5.92 Å². The van der Waals surface area contributed by atoms with Crippen LogP contribution in [0.2, 0.25) is 5.02 Å². The summed E-state index contributed by atoms with van der Waals surface area (Å²) >= 11 is 5.72. The fourth-order valence-electron chi connectivity index (χ4n) is 2.25. The van der Waals surface area contributed by atoms with Gasteiger partial charge >= 0.3 is 0 Å². The smallest absolute Gasteiger partial charge is 0.265 e. The lowest BCUT2D eigenvalue weighted by molar-refractivity contribution is -0.120. The summed E-state index contributed by atoms with van der Waals surface area (Å²) in [5.74, 6) is -0.860. The number of hydrogen-bond acceptors (Lipinski definition) is 5. The molecule has 114 valence electrons. The van der Waals surface area contributed by atoms with Gasteiger partial charge in [0, 0.05) is 30.7 Å². The van der Waals surface area contributed by atoms with Crippen molar-refractivity contribution in [1.82, 2.24) is 14.7 Å². The van der Waals surface area contributed by atoms with E-state index in [2.05, 4.69) is 14.7 Å². The number of pyridine rings is 2. The molecule has 1 fully saturated rings. The Balaban J connectivity index is 1.70. The average Bonchev–Trinajstić information content (AvgIpc) is 3.28. The number of carbonyl (C=O) groups is 1. The predicted molar refractivity (Wildman–Crippen MR) is 79.7 cm³/mol. The molecule has 1 saturated carbocycles. The van der Waals surface area contributed by atoms with Crippen molar-refractivity contribution in [3.8, 4) is 0 Å². The van der Waals surface area contributed by atoms with E-state index in [1.165, 1.54) is 12.3 Å². The van der Waals surface area contributed by atoms with Crippen molar-refractivity contribution in [3.05, 3.63) is 53.6 Å². The van der Waals surface area contributed by atoms with Crippen LogP contribution in [0.1, 0.15) is 17.9 Å². The zero-order chi connectivity index (χ0) is 15.7. The van der Waals surface area contributed by atoms with Gasteiger partial charge in [0.2, 0.25) is 5.91 Å². The average molecular weight is 338 g/mol. The second kappa shape index (κ2) is 5.66. The van der Waals surface area contributed by atoms with Crippen LogP contribution in [0.5, 0.6) is 0 Å². The normalized spacial score (nSPS) is 20.4. The number of aromatic nitrogens is 2. The molecule has 22 heavy (non-hydrogen) atoms. The number of rotatable bonds is 4. The molecule has 1 aliphatic rings. The highest BCUT2D eigenvalue weighted by Gasteiger charge is 2.45. The van der Waals surface area contributed by atoms with Gasteiger partial charge in [-0.05, 0) is 30.0 Å². The molecule has 0 aliphatic heterocycles. The van der Waals surface area contributed by atoms with Gasteiger partial charge in [-0.15, -0.1) is 0 Å². The molecule has 2 aromatic rings. The summed E-state index contributed by atoms with van der Waals surface area (Å²) in [7, 11) is -3.95. The maximum atomic E-state index is 12.1. The lowest BCUT2D eigenvalue weighted by Gasteiger charge is -2.06. The van der Waals surface area contributed by atoms with E-state index in [1.54, 1.807) is 18.5 Å². The Morgan fingerprint density at radius 3 is 2.77 bits per heavy atom. The largest absolute Gasteiger partial charge is 0.274 e. The molecule has 0 radical (unpaired) electrons. The molecule has 0 bridgehead atoms. The molecule has 0 aromatic carbocycles. The fourth-order valence-corrected chi connectivity index (χ4v) is 3.51. The van der Waals surface area contributed by atoms with Crippen LogP contribution in [-0.4, -0.2) is 24.3 Å². The summed E-state index contributed by atoms with van der Waals surface area (Å²) in [6.45, 7) is 0. The maximum absolute atomic E-state index is 12.1. The molecule has 0 saturated heterocycles. The number of amides is 1. The van der Waals surface area contributed by atoms with Crippen LogP contribution in [0.25, 0.3) is 0 Å². The summed E-state index contributed by atoms with van der Waals surface area (Å²) in [6, 6.07) is 4.91. The van der Waals surface area contributed by atoms with Gasteiger partial charge in [-0.25, -0.2) is 13.1 Å². The van der Waals surface area contributed by atoms with Crippen molar-refractivity contribution < 1.29 is 13.2 Å². The number of halogens is 1. The summed E-state index contributed by atoms with van der Waals surface area (Å²) in [5.41, 5.74) is 0.935. The predicted octanol–water partition coefficient (Wildman–Crippen LogP) is 1.74. The summed E-state index contributed by atoms with van der Waals surface area (Å²) < 4.78 is 26.3. The van der Waals surface area contributed by atoms with E-state index < -0.39 is 15.9 Å². The molecule has 2 unspecified atom stereocenters. The molecule has 8 heteroatoms. The van der Waals surface area contributed by atoms with E-state index in [0.717, 1.165) is 11.8 Å². The molecule has 1 aliphatic carbocycles. The molecule has 1 amide bonds. The van der Waals surface area contributed by atoms with Gasteiger partial charge in [-0.1, -0.05) is 17.7 Å². The first kappa shape index (κ1) is 14.9. The van der Waals surface area contributed by atoms with Crippen molar-refractivity contribution in [2.75, 3.05) is 0 Å². The molecule has 2 heterocycles. The Kier molecular flexibility index (Phi) is 3.84. The second-order valence-electron chi connectivity index (χ2n) is 5.04. The highest BCUT2D eigenvalue weighted by Crippen LogP contribution is 2.47. The fraction of sp³-hybridized carbons (Fsp3) is 0.214. The van der Waals surface area contributed by atoms with Crippen molar-refractivity contribution in [2.45, 2.75) is 17.2 Å². The Morgan fingerprint density at radius 1 is 1.27 bits per heavy atom. The minimum absolute atomic E-state index is 0.0152.